The van der Waals surface area contributed by atoms with Crippen LogP contribution in [0.1, 0.15) is 16.7 Å². The van der Waals surface area contributed by atoms with Gasteiger partial charge in [-0.15, -0.1) is 0 Å². The first-order valence-electron chi connectivity index (χ1n) is 5.71. The highest BCUT2D eigenvalue weighted by atomic mass is 32.1. The number of amidine groups is 1. The van der Waals surface area contributed by atoms with Gasteiger partial charge in [-0.25, -0.2) is 0 Å². The fourth-order valence-corrected chi connectivity index (χ4v) is 2.07. The van der Waals surface area contributed by atoms with E-state index in [0.29, 0.717) is 17.0 Å². The predicted molar refractivity (Wildman–Crippen MR) is 77.2 cm³/mol. The molecule has 0 aliphatic rings. The maximum absolute atomic E-state index is 6.01. The van der Waals surface area contributed by atoms with E-state index in [4.69, 9.17) is 18.0 Å². The van der Waals surface area contributed by atoms with Gasteiger partial charge in [0.25, 0.3) is 0 Å². The maximum Gasteiger partial charge on any atom is 0.129 e. The van der Waals surface area contributed by atoms with Crippen LogP contribution in [-0.4, -0.2) is 10.8 Å². The molecule has 0 spiro atoms. The minimum atomic E-state index is 0.484. The molecular formula is C14H15N3S. The Balaban J connectivity index is 2.26. The van der Waals surface area contributed by atoms with Crippen molar-refractivity contribution < 1.29 is 0 Å². The normalized spacial score (nSPS) is 11.5. The zero-order chi connectivity index (χ0) is 13.0. The van der Waals surface area contributed by atoms with Crippen LogP contribution in [0.2, 0.25) is 0 Å². The SMILES string of the molecule is Cc1cc[nH]c(=S)c1C(N)=NCc1ccccc1. The zero-order valence-electron chi connectivity index (χ0n) is 10.2. The molecule has 0 saturated carbocycles. The topological polar surface area (TPSA) is 54.2 Å². The van der Waals surface area contributed by atoms with Crippen LogP contribution >= 0.6 is 12.2 Å². The van der Waals surface area contributed by atoms with Crippen molar-refractivity contribution in [3.05, 3.63) is 63.9 Å². The van der Waals surface area contributed by atoms with E-state index >= 15 is 0 Å². The number of aromatic nitrogens is 1. The van der Waals surface area contributed by atoms with Crippen molar-refractivity contribution in [3.8, 4) is 0 Å². The lowest BCUT2D eigenvalue weighted by atomic mass is 10.1. The fraction of sp³-hybridized carbons (Fsp3) is 0.143. The lowest BCUT2D eigenvalue weighted by molar-refractivity contribution is 1.06. The maximum atomic E-state index is 6.01. The van der Waals surface area contributed by atoms with Gasteiger partial charge in [0.15, 0.2) is 0 Å². The molecule has 1 aromatic carbocycles. The van der Waals surface area contributed by atoms with Crippen LogP contribution < -0.4 is 5.73 Å². The quantitative estimate of drug-likeness (QED) is 0.504. The summed E-state index contributed by atoms with van der Waals surface area (Å²) in [6.07, 6.45) is 1.81. The van der Waals surface area contributed by atoms with E-state index in [-0.39, 0.29) is 0 Å². The number of nitrogens with zero attached hydrogens (tertiary/aromatic N) is 1. The molecule has 0 atom stereocenters. The highest BCUT2D eigenvalue weighted by Crippen LogP contribution is 2.08. The van der Waals surface area contributed by atoms with Crippen LogP contribution in [0.3, 0.4) is 0 Å². The number of hydrogen-bond acceptors (Lipinski definition) is 2. The summed E-state index contributed by atoms with van der Waals surface area (Å²) in [5, 5.41) is 0. The molecule has 0 saturated heterocycles. The van der Waals surface area contributed by atoms with E-state index in [2.05, 4.69) is 9.98 Å². The number of hydrogen-bond donors (Lipinski definition) is 2. The van der Waals surface area contributed by atoms with Gasteiger partial charge in [0.2, 0.25) is 0 Å². The third-order valence-corrected chi connectivity index (χ3v) is 3.02. The molecule has 3 nitrogen and oxygen atoms in total. The van der Waals surface area contributed by atoms with Crippen LogP contribution in [0.25, 0.3) is 0 Å². The lowest BCUT2D eigenvalue weighted by Crippen LogP contribution is -2.16. The Kier molecular flexibility index (Phi) is 3.89. The Morgan fingerprint density at radius 3 is 2.67 bits per heavy atom. The second-order valence-electron chi connectivity index (χ2n) is 4.05. The van der Waals surface area contributed by atoms with Crippen molar-refractivity contribution in [1.29, 1.82) is 0 Å². The van der Waals surface area contributed by atoms with E-state index in [1.807, 2.05) is 49.5 Å². The van der Waals surface area contributed by atoms with E-state index in [1.165, 1.54) is 0 Å². The molecule has 92 valence electrons. The largest absolute Gasteiger partial charge is 0.383 e. The molecule has 18 heavy (non-hydrogen) atoms. The van der Waals surface area contributed by atoms with E-state index < -0.39 is 0 Å². The van der Waals surface area contributed by atoms with Crippen molar-refractivity contribution >= 4 is 18.1 Å². The van der Waals surface area contributed by atoms with Gasteiger partial charge >= 0.3 is 0 Å². The van der Waals surface area contributed by atoms with Gasteiger partial charge in [0, 0.05) is 6.20 Å². The smallest absolute Gasteiger partial charge is 0.129 e. The average Bonchev–Trinajstić information content (AvgIpc) is 2.37. The summed E-state index contributed by atoms with van der Waals surface area (Å²) in [7, 11) is 0. The number of rotatable bonds is 3. The number of nitrogens with two attached hydrogens (primary N) is 1. The Labute approximate surface area is 111 Å². The summed E-state index contributed by atoms with van der Waals surface area (Å²) in [5.41, 5.74) is 8.99. The highest BCUT2D eigenvalue weighted by Gasteiger charge is 2.04. The van der Waals surface area contributed by atoms with Crippen molar-refractivity contribution in [2.45, 2.75) is 13.5 Å². The summed E-state index contributed by atoms with van der Waals surface area (Å²) < 4.78 is 0.629. The van der Waals surface area contributed by atoms with E-state index in [1.54, 1.807) is 0 Å². The molecule has 0 bridgehead atoms. The molecule has 0 fully saturated rings. The Hall–Kier alpha value is -1.94. The number of H-pyrrole nitrogens is 1. The van der Waals surface area contributed by atoms with Crippen LogP contribution in [0.15, 0.2) is 47.6 Å². The van der Waals surface area contributed by atoms with E-state index in [0.717, 1.165) is 16.7 Å². The molecule has 4 heteroatoms. The molecule has 1 aromatic heterocycles. The van der Waals surface area contributed by atoms with Gasteiger partial charge in [0.1, 0.15) is 10.5 Å². The van der Waals surface area contributed by atoms with Crippen LogP contribution in [-0.2, 0) is 6.54 Å². The van der Waals surface area contributed by atoms with E-state index in [9.17, 15) is 0 Å². The Bertz CT molecular complexity index is 614. The third kappa shape index (κ3) is 2.84. The zero-order valence-corrected chi connectivity index (χ0v) is 11.0. The van der Waals surface area contributed by atoms with Crippen LogP contribution in [0, 0.1) is 11.6 Å². The first-order valence-corrected chi connectivity index (χ1v) is 6.12. The molecule has 0 aliphatic heterocycles. The first kappa shape index (κ1) is 12.5. The van der Waals surface area contributed by atoms with Gasteiger partial charge in [-0.2, -0.15) is 0 Å². The molecule has 0 radical (unpaired) electrons. The van der Waals surface area contributed by atoms with Crippen molar-refractivity contribution in [1.82, 2.24) is 4.98 Å². The molecule has 1 heterocycles. The van der Waals surface area contributed by atoms with Gasteiger partial charge < -0.3 is 10.7 Å². The lowest BCUT2D eigenvalue weighted by Gasteiger charge is -2.05. The van der Waals surface area contributed by atoms with Gasteiger partial charge in [-0.1, -0.05) is 42.5 Å². The van der Waals surface area contributed by atoms with Crippen LogP contribution in [0.5, 0.6) is 0 Å². The average molecular weight is 257 g/mol. The molecule has 2 rings (SSSR count). The van der Waals surface area contributed by atoms with Gasteiger partial charge in [-0.05, 0) is 24.1 Å². The summed E-state index contributed by atoms with van der Waals surface area (Å²) in [6, 6.07) is 11.9. The van der Waals surface area contributed by atoms with Crippen molar-refractivity contribution in [2.75, 3.05) is 0 Å². The van der Waals surface area contributed by atoms with Crippen molar-refractivity contribution in [2.24, 2.45) is 10.7 Å². The highest BCUT2D eigenvalue weighted by molar-refractivity contribution is 7.71. The fourth-order valence-electron chi connectivity index (χ4n) is 1.73. The standard InChI is InChI=1S/C14H15N3S/c1-10-7-8-16-14(18)12(10)13(15)17-9-11-5-3-2-4-6-11/h2-8H,9H2,1H3,(H2,15,17)(H,16,18). The Morgan fingerprint density at radius 1 is 1.28 bits per heavy atom. The number of benzene rings is 1. The number of pyridine rings is 1. The van der Waals surface area contributed by atoms with Gasteiger partial charge in [-0.3, -0.25) is 4.99 Å². The summed E-state index contributed by atoms with van der Waals surface area (Å²) >= 11 is 5.23. The summed E-state index contributed by atoms with van der Waals surface area (Å²) in [6.45, 7) is 2.54. The monoisotopic (exact) mass is 257 g/mol. The molecule has 0 amide bonds. The van der Waals surface area contributed by atoms with Crippen molar-refractivity contribution in [3.63, 3.8) is 0 Å². The molecular weight excluding hydrogens is 242 g/mol. The summed E-state index contributed by atoms with van der Waals surface area (Å²) in [4.78, 5) is 7.37. The molecule has 0 aliphatic carbocycles. The summed E-state index contributed by atoms with van der Waals surface area (Å²) in [5.74, 6) is 0.484. The number of aromatic amines is 1. The first-order chi connectivity index (χ1) is 8.68. The molecule has 2 aromatic rings. The number of aliphatic imine (C=N–C) groups is 1. The number of aryl methyl sites for hydroxylation is 1. The van der Waals surface area contributed by atoms with Crippen LogP contribution in [0.4, 0.5) is 0 Å². The van der Waals surface area contributed by atoms with Gasteiger partial charge in [0.05, 0.1) is 12.1 Å². The predicted octanol–water partition coefficient (Wildman–Crippen LogP) is 2.96. The second kappa shape index (κ2) is 5.60. The Morgan fingerprint density at radius 2 is 2.00 bits per heavy atom. The minimum Gasteiger partial charge on any atom is -0.383 e. The number of nitrogens with one attached hydrogen (secondary N) is 1. The molecule has 3 N–H and O–H groups in total. The third-order valence-electron chi connectivity index (χ3n) is 2.70. The minimum absolute atomic E-state index is 0.484. The second-order valence-corrected chi connectivity index (χ2v) is 4.46. The molecule has 0 unspecified atom stereocenters.